The standard InChI is InChI=1S/C57H64F2N8O6/c1-2-40-44(58)7-5-36-25-39(68)26-42(47(36)40)49-48(59)50-43(29-60-49)51(66-18-3-12-57(32-66)17-23-73-57)63-54(62-50)72-33-56(13-14-56)31-64-21-15-55(16-22-64)27-38(28-55)65-19-10-34(11-20-65)35-4-6-41-37(24-35)30-67(53(41)71)45-8-9-46(69)61-52(45)70/h4-7,24-26,29,34,38,45,68H,2-3,8-23,27-28,30-33H2,1H3,(H,61,69,70). The van der Waals surface area contributed by atoms with E-state index in [0.717, 1.165) is 96.4 Å². The molecule has 2 unspecified atom stereocenters. The Balaban J connectivity index is 0.646. The first kappa shape index (κ1) is 46.9. The molecule has 3 amide bonds. The molecule has 5 saturated heterocycles. The number of hydrogen-bond donors (Lipinski definition) is 2. The fourth-order valence-electron chi connectivity index (χ4n) is 14.0. The highest BCUT2D eigenvalue weighted by atomic mass is 19.1. The fraction of sp³-hybridized carbons (Fsp3) is 0.544. The lowest BCUT2D eigenvalue weighted by molar-refractivity contribution is -0.151. The summed E-state index contributed by atoms with van der Waals surface area (Å²) in [6.07, 6.45) is 14.7. The molecule has 2 aliphatic carbocycles. The Bertz CT molecular complexity index is 3060. The van der Waals surface area contributed by atoms with E-state index >= 15 is 8.78 Å². The minimum atomic E-state index is -0.667. The average Bonchev–Trinajstić information content (AvgIpc) is 4.07. The second kappa shape index (κ2) is 17.9. The van der Waals surface area contributed by atoms with Gasteiger partial charge in [0.2, 0.25) is 11.8 Å². The van der Waals surface area contributed by atoms with Crippen LogP contribution in [0.4, 0.5) is 14.6 Å². The lowest BCUT2D eigenvalue weighted by Gasteiger charge is -2.56. The number of nitrogens with zero attached hydrogens (tertiary/aromatic N) is 7. The number of halogens is 2. The third-order valence-electron chi connectivity index (χ3n) is 18.6. The molecule has 2 atom stereocenters. The van der Waals surface area contributed by atoms with Crippen molar-refractivity contribution in [1.29, 1.82) is 0 Å². The van der Waals surface area contributed by atoms with Crippen molar-refractivity contribution in [3.8, 4) is 23.0 Å². The van der Waals surface area contributed by atoms with Gasteiger partial charge in [-0.3, -0.25) is 24.7 Å². The van der Waals surface area contributed by atoms with Crippen LogP contribution in [0.3, 0.4) is 0 Å². The van der Waals surface area contributed by atoms with Crippen molar-refractivity contribution in [1.82, 2.24) is 35.0 Å². The summed E-state index contributed by atoms with van der Waals surface area (Å²) in [5, 5.41) is 14.8. The van der Waals surface area contributed by atoms with Gasteiger partial charge >= 0.3 is 6.01 Å². The molecule has 7 fully saturated rings. The third kappa shape index (κ3) is 8.39. The van der Waals surface area contributed by atoms with E-state index in [4.69, 9.17) is 19.4 Å². The predicted octanol–water partition coefficient (Wildman–Crippen LogP) is 8.19. The number of phenols is 1. The number of imide groups is 1. The second-order valence-corrected chi connectivity index (χ2v) is 23.0. The molecular formula is C57H64F2N8O6. The van der Waals surface area contributed by atoms with Crippen molar-refractivity contribution >= 4 is 45.2 Å². The number of benzene rings is 3. The summed E-state index contributed by atoms with van der Waals surface area (Å²) >= 11 is 0. The molecule has 16 heteroatoms. The largest absolute Gasteiger partial charge is 0.508 e. The molecule has 8 aliphatic rings. The summed E-state index contributed by atoms with van der Waals surface area (Å²) in [6, 6.07) is 12.4. The number of aromatic hydroxyl groups is 1. The minimum absolute atomic E-state index is 0.0132. The molecule has 0 bridgehead atoms. The third-order valence-corrected chi connectivity index (χ3v) is 18.6. The van der Waals surface area contributed by atoms with Gasteiger partial charge in [0.1, 0.15) is 34.6 Å². The van der Waals surface area contributed by atoms with E-state index < -0.39 is 17.7 Å². The summed E-state index contributed by atoms with van der Waals surface area (Å²) in [7, 11) is 0. The molecule has 2 saturated carbocycles. The van der Waals surface area contributed by atoms with E-state index in [9.17, 15) is 19.5 Å². The van der Waals surface area contributed by atoms with Crippen molar-refractivity contribution in [3.05, 3.63) is 82.5 Å². The molecule has 2 spiro atoms. The van der Waals surface area contributed by atoms with Gasteiger partial charge in [-0.25, -0.2) is 8.78 Å². The van der Waals surface area contributed by atoms with Crippen LogP contribution in [-0.4, -0.2) is 129 Å². The van der Waals surface area contributed by atoms with Crippen LogP contribution in [0.15, 0.2) is 48.7 Å². The predicted molar refractivity (Wildman–Crippen MR) is 270 cm³/mol. The number of piperidine rings is 4. The highest BCUT2D eigenvalue weighted by Crippen LogP contribution is 2.54. The van der Waals surface area contributed by atoms with E-state index in [1.54, 1.807) is 23.2 Å². The number of phenolic OH excluding ortho intramolecular Hbond substituents is 1. The maximum absolute atomic E-state index is 17.3. The van der Waals surface area contributed by atoms with Gasteiger partial charge < -0.3 is 34.2 Å². The Labute approximate surface area is 423 Å². The Morgan fingerprint density at radius 2 is 1.71 bits per heavy atom. The van der Waals surface area contributed by atoms with Crippen LogP contribution in [0.2, 0.25) is 0 Å². The van der Waals surface area contributed by atoms with Crippen LogP contribution < -0.4 is 15.0 Å². The number of rotatable bonds is 11. The first-order chi connectivity index (χ1) is 35.4. The maximum Gasteiger partial charge on any atom is 0.319 e. The molecule has 8 heterocycles. The molecule has 6 aliphatic heterocycles. The van der Waals surface area contributed by atoms with Crippen molar-refractivity contribution in [2.75, 3.05) is 63.9 Å². The smallest absolute Gasteiger partial charge is 0.319 e. The highest BCUT2D eigenvalue weighted by Gasteiger charge is 2.51. The zero-order valence-electron chi connectivity index (χ0n) is 41.7. The quantitative estimate of drug-likeness (QED) is 0.123. The number of aromatic nitrogens is 3. The molecule has 2 aromatic heterocycles. The first-order valence-electron chi connectivity index (χ1n) is 26.9. The number of nitrogens with one attached hydrogen (secondary N) is 1. The van der Waals surface area contributed by atoms with E-state index in [1.807, 2.05) is 13.0 Å². The average molecular weight is 995 g/mol. The van der Waals surface area contributed by atoms with Gasteiger partial charge in [0.05, 0.1) is 24.2 Å². The van der Waals surface area contributed by atoms with Crippen molar-refractivity contribution in [2.45, 2.75) is 127 Å². The molecule has 14 nitrogen and oxygen atoms in total. The number of ether oxygens (including phenoxy) is 2. The Hall–Kier alpha value is -5.84. The number of amides is 3. The van der Waals surface area contributed by atoms with Crippen LogP contribution in [0.25, 0.3) is 32.9 Å². The summed E-state index contributed by atoms with van der Waals surface area (Å²) in [5.74, 6) is -0.874. The summed E-state index contributed by atoms with van der Waals surface area (Å²) in [5.41, 5.74) is 3.90. The number of anilines is 1. The van der Waals surface area contributed by atoms with Gasteiger partial charge in [-0.05, 0) is 166 Å². The number of fused-ring (bicyclic) bond motifs is 3. The van der Waals surface area contributed by atoms with Gasteiger partial charge in [0.15, 0.2) is 5.82 Å². The van der Waals surface area contributed by atoms with Gasteiger partial charge in [-0.15, -0.1) is 0 Å². The van der Waals surface area contributed by atoms with Crippen LogP contribution >= 0.6 is 0 Å². The molecular weight excluding hydrogens is 931 g/mol. The SMILES string of the molecule is CCc1c(F)ccc2cc(O)cc(-c3ncc4c(N5CCCC6(CCO6)C5)nc(OCC5(CN6CCC7(CC6)CC(N6CCC(c8ccc9c(c8)CN(C8CCC(=O)NC8=O)C9=O)CC6)C7)CC5)nc4c3F)c12. The molecule has 13 rings (SSSR count). The zero-order chi connectivity index (χ0) is 49.8. The van der Waals surface area contributed by atoms with Crippen LogP contribution in [-0.2, 0) is 27.3 Å². The van der Waals surface area contributed by atoms with Crippen molar-refractivity contribution < 1.29 is 37.7 Å². The zero-order valence-corrected chi connectivity index (χ0v) is 41.7. The number of carbonyl (C=O) groups is 3. The number of likely N-dealkylation sites (tertiary alicyclic amines) is 2. The molecule has 0 radical (unpaired) electrons. The normalized spacial score (nSPS) is 25.4. The van der Waals surface area contributed by atoms with E-state index in [-0.39, 0.29) is 58.1 Å². The lowest BCUT2D eigenvalue weighted by atomic mass is 9.59. The van der Waals surface area contributed by atoms with Crippen LogP contribution in [0, 0.1) is 22.5 Å². The van der Waals surface area contributed by atoms with Gasteiger partial charge in [-0.1, -0.05) is 25.1 Å². The second-order valence-electron chi connectivity index (χ2n) is 23.0. The Morgan fingerprint density at radius 3 is 2.45 bits per heavy atom. The van der Waals surface area contributed by atoms with Crippen molar-refractivity contribution in [3.63, 3.8) is 0 Å². The summed E-state index contributed by atoms with van der Waals surface area (Å²) in [4.78, 5) is 61.1. The molecule has 3 aromatic carbocycles. The highest BCUT2D eigenvalue weighted by molar-refractivity contribution is 6.05. The van der Waals surface area contributed by atoms with Gasteiger partial charge in [-0.2, -0.15) is 9.97 Å². The van der Waals surface area contributed by atoms with Crippen LogP contribution in [0.5, 0.6) is 11.8 Å². The minimum Gasteiger partial charge on any atom is -0.508 e. The Kier molecular flexibility index (Phi) is 11.5. The van der Waals surface area contributed by atoms with E-state index in [0.29, 0.717) is 88.6 Å². The number of hydrogen-bond acceptors (Lipinski definition) is 12. The molecule has 73 heavy (non-hydrogen) atoms. The summed E-state index contributed by atoms with van der Waals surface area (Å²) in [6.45, 7) is 10.0. The van der Waals surface area contributed by atoms with E-state index in [1.165, 1.54) is 43.4 Å². The van der Waals surface area contributed by atoms with E-state index in [2.05, 4.69) is 37.1 Å². The molecule has 382 valence electrons. The summed E-state index contributed by atoms with van der Waals surface area (Å²) < 4.78 is 45.2. The number of aryl methyl sites for hydroxylation is 1. The van der Waals surface area contributed by atoms with Crippen LogP contribution in [0.1, 0.15) is 123 Å². The van der Waals surface area contributed by atoms with Crippen molar-refractivity contribution in [2.24, 2.45) is 10.8 Å². The fourth-order valence-corrected chi connectivity index (χ4v) is 14.0. The molecule has 2 N–H and O–H groups in total. The number of pyridine rings is 1. The topological polar surface area (TPSA) is 154 Å². The first-order valence-corrected chi connectivity index (χ1v) is 26.9. The lowest BCUT2D eigenvalue weighted by Crippen LogP contribution is -2.56. The molecule has 5 aromatic rings. The van der Waals surface area contributed by atoms with Gasteiger partial charge in [0.25, 0.3) is 5.91 Å². The monoisotopic (exact) mass is 994 g/mol. The maximum atomic E-state index is 17.3. The Morgan fingerprint density at radius 1 is 0.904 bits per heavy atom. The van der Waals surface area contributed by atoms with Gasteiger partial charge in [0, 0.05) is 67.8 Å². The number of carbonyl (C=O) groups excluding carboxylic acids is 3.